The number of nitrogens with zero attached hydrogens (tertiary/aromatic N) is 5. The Morgan fingerprint density at radius 2 is 1.92 bits per heavy atom. The number of piperazine rings is 1. The molecule has 36 heavy (non-hydrogen) atoms. The van der Waals surface area contributed by atoms with Gasteiger partial charge in [0.15, 0.2) is 11.6 Å². The second-order valence-corrected chi connectivity index (χ2v) is 9.23. The van der Waals surface area contributed by atoms with Gasteiger partial charge in [0.05, 0.1) is 18.0 Å². The SMILES string of the molecule is CCOc1ccc([C@@H](C)Nc2nc(N3CCN(C(C)=O)CC3)nc3c(O)n([C@@H](C)CC)cc23)cc1F. The van der Waals surface area contributed by atoms with Gasteiger partial charge in [0.2, 0.25) is 17.7 Å². The maximum atomic E-state index is 14.5. The fourth-order valence-electron chi connectivity index (χ4n) is 4.43. The summed E-state index contributed by atoms with van der Waals surface area (Å²) in [5, 5.41) is 15.1. The Hall–Kier alpha value is -3.56. The molecule has 0 saturated carbocycles. The van der Waals surface area contributed by atoms with Gasteiger partial charge in [-0.3, -0.25) is 4.79 Å². The Bertz CT molecular complexity index is 1240. The summed E-state index contributed by atoms with van der Waals surface area (Å²) in [6, 6.07) is 4.73. The summed E-state index contributed by atoms with van der Waals surface area (Å²) in [5.41, 5.74) is 1.20. The molecule has 1 aliphatic heterocycles. The molecular weight excluding hydrogens is 463 g/mol. The Morgan fingerprint density at radius 3 is 2.53 bits per heavy atom. The highest BCUT2D eigenvalue weighted by atomic mass is 19.1. The molecule has 194 valence electrons. The standard InChI is InChI=1S/C26H35FN6O3/c1-6-16(3)33-15-20-23(25(33)35)29-26(32-12-10-31(11-13-32)18(5)34)30-24(20)28-17(4)19-8-9-22(36-7-2)21(27)14-19/h8-9,14-17,35H,6-7,10-13H2,1-5H3,(H,28,29,30)/t16-,17+/m0/s1. The predicted molar refractivity (Wildman–Crippen MR) is 138 cm³/mol. The van der Waals surface area contributed by atoms with Crippen LogP contribution in [0.1, 0.15) is 58.7 Å². The van der Waals surface area contributed by atoms with Gasteiger partial charge >= 0.3 is 0 Å². The maximum Gasteiger partial charge on any atom is 0.228 e. The first-order chi connectivity index (χ1) is 17.2. The number of halogens is 1. The zero-order valence-electron chi connectivity index (χ0n) is 21.6. The van der Waals surface area contributed by atoms with Crippen LogP contribution in [0.25, 0.3) is 10.9 Å². The number of fused-ring (bicyclic) bond motifs is 1. The molecule has 4 rings (SSSR count). The van der Waals surface area contributed by atoms with Gasteiger partial charge < -0.3 is 29.5 Å². The second kappa shape index (κ2) is 10.6. The molecule has 0 bridgehead atoms. The molecule has 2 aromatic heterocycles. The molecule has 0 aliphatic carbocycles. The number of aromatic hydroxyl groups is 1. The molecule has 3 aromatic rings. The predicted octanol–water partition coefficient (Wildman–Crippen LogP) is 4.49. The van der Waals surface area contributed by atoms with Crippen molar-refractivity contribution in [3.05, 3.63) is 35.8 Å². The van der Waals surface area contributed by atoms with Crippen molar-refractivity contribution in [2.24, 2.45) is 0 Å². The average Bonchev–Trinajstić information content (AvgIpc) is 3.21. The monoisotopic (exact) mass is 498 g/mol. The molecule has 2 N–H and O–H groups in total. The van der Waals surface area contributed by atoms with Gasteiger partial charge in [0, 0.05) is 45.3 Å². The third kappa shape index (κ3) is 5.03. The molecule has 0 unspecified atom stereocenters. The topological polar surface area (TPSA) is 95.8 Å². The highest BCUT2D eigenvalue weighted by Gasteiger charge is 2.25. The van der Waals surface area contributed by atoms with Crippen molar-refractivity contribution in [2.75, 3.05) is 43.0 Å². The van der Waals surface area contributed by atoms with E-state index in [2.05, 4.69) is 12.2 Å². The largest absolute Gasteiger partial charge is 0.493 e. The lowest BCUT2D eigenvalue weighted by Gasteiger charge is -2.34. The number of carbonyl (C=O) groups is 1. The van der Waals surface area contributed by atoms with Gasteiger partial charge in [0.1, 0.15) is 11.3 Å². The van der Waals surface area contributed by atoms with Crippen LogP contribution in [0.2, 0.25) is 0 Å². The van der Waals surface area contributed by atoms with Gasteiger partial charge in [-0.2, -0.15) is 4.98 Å². The van der Waals surface area contributed by atoms with Crippen LogP contribution in [-0.4, -0.2) is 63.2 Å². The summed E-state index contributed by atoms with van der Waals surface area (Å²) in [4.78, 5) is 25.1. The summed E-state index contributed by atoms with van der Waals surface area (Å²) in [5.74, 6) is 0.987. The minimum atomic E-state index is -0.416. The van der Waals surface area contributed by atoms with Crippen molar-refractivity contribution >= 4 is 28.6 Å². The molecular formula is C26H35FN6O3. The van der Waals surface area contributed by atoms with Crippen LogP contribution in [0.4, 0.5) is 16.2 Å². The first-order valence-electron chi connectivity index (χ1n) is 12.5. The Morgan fingerprint density at radius 1 is 1.19 bits per heavy atom. The molecule has 1 amide bonds. The second-order valence-electron chi connectivity index (χ2n) is 9.23. The van der Waals surface area contributed by atoms with E-state index >= 15 is 0 Å². The van der Waals surface area contributed by atoms with Crippen LogP contribution >= 0.6 is 0 Å². The quantitative estimate of drug-likeness (QED) is 0.473. The molecule has 10 heteroatoms. The third-order valence-electron chi connectivity index (χ3n) is 6.84. The van der Waals surface area contributed by atoms with E-state index in [0.29, 0.717) is 55.5 Å². The van der Waals surface area contributed by atoms with Gasteiger partial charge in [-0.1, -0.05) is 13.0 Å². The maximum absolute atomic E-state index is 14.5. The first kappa shape index (κ1) is 25.5. The Kier molecular flexibility index (Phi) is 7.51. The number of hydrogen-bond donors (Lipinski definition) is 2. The number of anilines is 2. The van der Waals surface area contributed by atoms with Crippen molar-refractivity contribution in [1.29, 1.82) is 0 Å². The third-order valence-corrected chi connectivity index (χ3v) is 6.84. The number of hydrogen-bond acceptors (Lipinski definition) is 7. The van der Waals surface area contributed by atoms with E-state index in [9.17, 15) is 14.3 Å². The molecule has 1 saturated heterocycles. The van der Waals surface area contributed by atoms with Crippen LogP contribution in [0.3, 0.4) is 0 Å². The Balaban J connectivity index is 1.70. The fraction of sp³-hybridized carbons (Fsp3) is 0.500. The van der Waals surface area contributed by atoms with Crippen LogP contribution < -0.4 is 15.0 Å². The van der Waals surface area contributed by atoms with E-state index in [1.165, 1.54) is 6.07 Å². The molecule has 1 aliphatic rings. The van der Waals surface area contributed by atoms with Crippen molar-refractivity contribution < 1.29 is 19.0 Å². The lowest BCUT2D eigenvalue weighted by molar-refractivity contribution is -0.129. The minimum absolute atomic E-state index is 0.0491. The van der Waals surface area contributed by atoms with Gasteiger partial charge in [-0.05, 0) is 44.9 Å². The minimum Gasteiger partial charge on any atom is -0.493 e. The van der Waals surface area contributed by atoms with Crippen molar-refractivity contribution in [3.63, 3.8) is 0 Å². The van der Waals surface area contributed by atoms with Crippen molar-refractivity contribution in [3.8, 4) is 11.6 Å². The molecule has 0 spiro atoms. The molecule has 0 radical (unpaired) electrons. The van der Waals surface area contributed by atoms with Crippen molar-refractivity contribution in [2.45, 2.75) is 53.1 Å². The summed E-state index contributed by atoms with van der Waals surface area (Å²) in [6.07, 6.45) is 2.70. The molecule has 1 fully saturated rings. The number of aromatic nitrogens is 3. The van der Waals surface area contributed by atoms with E-state index in [1.54, 1.807) is 17.9 Å². The average molecular weight is 499 g/mol. The summed E-state index contributed by atoms with van der Waals surface area (Å²) in [7, 11) is 0. The van der Waals surface area contributed by atoms with E-state index in [0.717, 1.165) is 12.0 Å². The van der Waals surface area contributed by atoms with Crippen molar-refractivity contribution in [1.82, 2.24) is 19.4 Å². The normalized spacial score (nSPS) is 15.7. The summed E-state index contributed by atoms with van der Waals surface area (Å²) < 4.78 is 21.7. The number of amides is 1. The van der Waals surface area contributed by atoms with Gasteiger partial charge in [-0.25, -0.2) is 9.37 Å². The lowest BCUT2D eigenvalue weighted by Crippen LogP contribution is -2.48. The zero-order chi connectivity index (χ0) is 26.0. The molecule has 3 heterocycles. The van der Waals surface area contributed by atoms with Gasteiger partial charge in [-0.15, -0.1) is 0 Å². The number of carbonyl (C=O) groups excluding carboxylic acids is 1. The van der Waals surface area contributed by atoms with E-state index in [-0.39, 0.29) is 29.6 Å². The fourth-order valence-corrected chi connectivity index (χ4v) is 4.43. The summed E-state index contributed by atoms with van der Waals surface area (Å²) in [6.45, 7) is 12.2. The number of benzene rings is 1. The van der Waals surface area contributed by atoms with Crippen LogP contribution in [0, 0.1) is 5.82 Å². The van der Waals surface area contributed by atoms with Crippen LogP contribution in [0.15, 0.2) is 24.4 Å². The van der Waals surface area contributed by atoms with E-state index in [4.69, 9.17) is 14.7 Å². The highest BCUT2D eigenvalue weighted by Crippen LogP contribution is 2.36. The molecule has 9 nitrogen and oxygen atoms in total. The van der Waals surface area contributed by atoms with E-state index < -0.39 is 5.82 Å². The summed E-state index contributed by atoms with van der Waals surface area (Å²) >= 11 is 0. The lowest BCUT2D eigenvalue weighted by atomic mass is 10.1. The number of rotatable bonds is 8. The smallest absolute Gasteiger partial charge is 0.228 e. The zero-order valence-corrected chi connectivity index (χ0v) is 21.6. The van der Waals surface area contributed by atoms with E-state index in [1.807, 2.05) is 42.5 Å². The first-order valence-corrected chi connectivity index (χ1v) is 12.5. The van der Waals surface area contributed by atoms with Gasteiger partial charge in [0.25, 0.3) is 0 Å². The number of nitrogens with one attached hydrogen (secondary N) is 1. The Labute approximate surface area is 210 Å². The highest BCUT2D eigenvalue weighted by molar-refractivity contribution is 5.94. The molecule has 1 aromatic carbocycles. The molecule has 2 atom stereocenters. The van der Waals surface area contributed by atoms with Crippen LogP contribution in [0.5, 0.6) is 11.6 Å². The number of ether oxygens (including phenoxy) is 1. The van der Waals surface area contributed by atoms with Crippen LogP contribution in [-0.2, 0) is 4.79 Å².